The van der Waals surface area contributed by atoms with Crippen molar-refractivity contribution >= 4 is 5.91 Å². The molecule has 0 saturated carbocycles. The second-order valence-corrected chi connectivity index (χ2v) is 7.98. The van der Waals surface area contributed by atoms with Crippen molar-refractivity contribution < 1.29 is 4.79 Å². The predicted molar refractivity (Wildman–Crippen MR) is 102 cm³/mol. The van der Waals surface area contributed by atoms with E-state index in [-0.39, 0.29) is 11.9 Å². The molecular weight excluding hydrogens is 310 g/mol. The van der Waals surface area contributed by atoms with Gasteiger partial charge < -0.3 is 5.32 Å². The van der Waals surface area contributed by atoms with Gasteiger partial charge in [-0.3, -0.25) is 14.6 Å². The molecule has 25 heavy (non-hydrogen) atoms. The Morgan fingerprint density at radius 2 is 1.72 bits per heavy atom. The lowest BCUT2D eigenvalue weighted by atomic mass is 9.99. The van der Waals surface area contributed by atoms with Crippen LogP contribution in [0.3, 0.4) is 0 Å². The Morgan fingerprint density at radius 1 is 1.08 bits per heavy atom. The summed E-state index contributed by atoms with van der Waals surface area (Å²) in [4.78, 5) is 17.7. The van der Waals surface area contributed by atoms with E-state index >= 15 is 0 Å². The third-order valence-electron chi connectivity index (χ3n) is 5.62. The number of hydrogen-bond acceptors (Lipinski definition) is 3. The Hall–Kier alpha value is -1.39. The molecule has 2 aliphatic rings. The maximum absolute atomic E-state index is 12.8. The van der Waals surface area contributed by atoms with E-state index in [1.54, 1.807) is 0 Å². The summed E-state index contributed by atoms with van der Waals surface area (Å²) in [6.45, 7) is 9.64. The molecule has 1 amide bonds. The summed E-state index contributed by atoms with van der Waals surface area (Å²) in [6, 6.07) is 11.0. The van der Waals surface area contributed by atoms with Crippen LogP contribution in [-0.2, 0) is 11.3 Å². The van der Waals surface area contributed by atoms with Crippen molar-refractivity contribution in [2.45, 2.75) is 58.2 Å². The molecule has 4 heteroatoms. The summed E-state index contributed by atoms with van der Waals surface area (Å²) >= 11 is 0. The molecule has 0 spiro atoms. The van der Waals surface area contributed by atoms with E-state index < -0.39 is 0 Å². The predicted octanol–water partition coefficient (Wildman–Crippen LogP) is 2.89. The number of likely N-dealkylation sites (tertiary alicyclic amines) is 2. The summed E-state index contributed by atoms with van der Waals surface area (Å²) in [7, 11) is 0. The minimum Gasteiger partial charge on any atom is -0.352 e. The Bertz CT molecular complexity index is 531. The molecule has 0 aliphatic carbocycles. The summed E-state index contributed by atoms with van der Waals surface area (Å²) in [6.07, 6.45) is 4.58. The summed E-state index contributed by atoms with van der Waals surface area (Å²) < 4.78 is 0. The molecule has 2 aliphatic heterocycles. The van der Waals surface area contributed by atoms with Crippen LogP contribution in [0.25, 0.3) is 0 Å². The van der Waals surface area contributed by atoms with Crippen molar-refractivity contribution in [3.63, 3.8) is 0 Å². The third kappa shape index (κ3) is 5.05. The number of nitrogens with one attached hydrogen (secondary N) is 1. The smallest absolute Gasteiger partial charge is 0.237 e. The van der Waals surface area contributed by atoms with Gasteiger partial charge in [-0.05, 0) is 50.3 Å². The minimum atomic E-state index is 0.0462. The van der Waals surface area contributed by atoms with Crippen LogP contribution >= 0.6 is 0 Å². The Balaban J connectivity index is 1.47. The highest BCUT2D eigenvalue weighted by Crippen LogP contribution is 2.19. The molecule has 0 radical (unpaired) electrons. The van der Waals surface area contributed by atoms with Crippen molar-refractivity contribution in [3.8, 4) is 0 Å². The standard InChI is InChI=1S/C21H33N3O/c1-17(2)20(24-12-6-7-13-24)21(25)22-19-10-14-23(15-11-19)16-18-8-4-3-5-9-18/h3-5,8-9,17,19-20H,6-7,10-16H2,1-2H3,(H,22,25). The molecule has 2 heterocycles. The second-order valence-electron chi connectivity index (χ2n) is 7.98. The molecule has 4 nitrogen and oxygen atoms in total. The highest BCUT2D eigenvalue weighted by molar-refractivity contribution is 5.82. The summed E-state index contributed by atoms with van der Waals surface area (Å²) in [5, 5.41) is 3.35. The number of carbonyl (C=O) groups is 1. The molecule has 2 fully saturated rings. The fourth-order valence-corrected chi connectivity index (χ4v) is 4.27. The maximum atomic E-state index is 12.8. The van der Waals surface area contributed by atoms with Crippen LogP contribution in [0.2, 0.25) is 0 Å². The van der Waals surface area contributed by atoms with E-state index in [1.165, 1.54) is 18.4 Å². The van der Waals surface area contributed by atoms with E-state index in [2.05, 4.69) is 59.3 Å². The first-order chi connectivity index (χ1) is 12.1. The summed E-state index contributed by atoms with van der Waals surface area (Å²) in [5.74, 6) is 0.620. The highest BCUT2D eigenvalue weighted by atomic mass is 16.2. The van der Waals surface area contributed by atoms with Crippen LogP contribution in [0.4, 0.5) is 0 Å². The van der Waals surface area contributed by atoms with Gasteiger partial charge in [-0.2, -0.15) is 0 Å². The SMILES string of the molecule is CC(C)C(C(=O)NC1CCN(Cc2ccccc2)CC1)N1CCCC1. The van der Waals surface area contributed by atoms with Crippen LogP contribution in [0.15, 0.2) is 30.3 Å². The molecule has 1 unspecified atom stereocenters. The fraction of sp³-hybridized carbons (Fsp3) is 0.667. The first-order valence-corrected chi connectivity index (χ1v) is 9.94. The monoisotopic (exact) mass is 343 g/mol. The van der Waals surface area contributed by atoms with Crippen molar-refractivity contribution in [3.05, 3.63) is 35.9 Å². The van der Waals surface area contributed by atoms with Gasteiger partial charge in [0.1, 0.15) is 0 Å². The zero-order chi connectivity index (χ0) is 17.6. The normalized spacial score (nSPS) is 21.6. The van der Waals surface area contributed by atoms with Crippen LogP contribution in [0, 0.1) is 5.92 Å². The largest absolute Gasteiger partial charge is 0.352 e. The van der Waals surface area contributed by atoms with Crippen LogP contribution in [0.5, 0.6) is 0 Å². The Morgan fingerprint density at radius 3 is 2.32 bits per heavy atom. The Labute approximate surface area is 152 Å². The zero-order valence-corrected chi connectivity index (χ0v) is 15.8. The number of carbonyl (C=O) groups excluding carboxylic acids is 1. The number of amides is 1. The first kappa shape index (κ1) is 18.4. The summed E-state index contributed by atoms with van der Waals surface area (Å²) in [5.41, 5.74) is 1.37. The molecule has 0 aromatic heterocycles. The molecule has 1 aromatic rings. The number of piperidine rings is 1. The van der Waals surface area contributed by atoms with E-state index in [0.717, 1.165) is 45.6 Å². The molecule has 0 bridgehead atoms. The minimum absolute atomic E-state index is 0.0462. The molecule has 1 atom stereocenters. The number of rotatable bonds is 6. The average Bonchev–Trinajstić information content (AvgIpc) is 3.11. The van der Waals surface area contributed by atoms with Crippen LogP contribution in [-0.4, -0.2) is 54.0 Å². The van der Waals surface area contributed by atoms with Gasteiger partial charge in [0.2, 0.25) is 5.91 Å². The van der Waals surface area contributed by atoms with Gasteiger partial charge in [0.25, 0.3) is 0 Å². The molecule has 2 saturated heterocycles. The van der Waals surface area contributed by atoms with E-state index in [0.29, 0.717) is 12.0 Å². The topological polar surface area (TPSA) is 35.6 Å². The number of hydrogen-bond donors (Lipinski definition) is 1. The van der Waals surface area contributed by atoms with Crippen molar-refractivity contribution in [2.75, 3.05) is 26.2 Å². The molecule has 1 N–H and O–H groups in total. The van der Waals surface area contributed by atoms with Crippen molar-refractivity contribution in [1.82, 2.24) is 15.1 Å². The average molecular weight is 344 g/mol. The third-order valence-corrected chi connectivity index (χ3v) is 5.62. The lowest BCUT2D eigenvalue weighted by molar-refractivity contribution is -0.128. The molecular formula is C21H33N3O. The van der Waals surface area contributed by atoms with Gasteiger partial charge in [0.15, 0.2) is 0 Å². The van der Waals surface area contributed by atoms with Crippen molar-refractivity contribution in [1.29, 1.82) is 0 Å². The fourth-order valence-electron chi connectivity index (χ4n) is 4.27. The quantitative estimate of drug-likeness (QED) is 0.863. The van der Waals surface area contributed by atoms with E-state index in [4.69, 9.17) is 0 Å². The lowest BCUT2D eigenvalue weighted by Crippen LogP contribution is -2.53. The van der Waals surface area contributed by atoms with Gasteiger partial charge in [-0.1, -0.05) is 44.2 Å². The Kier molecular flexibility index (Phi) is 6.49. The second kappa shape index (κ2) is 8.81. The van der Waals surface area contributed by atoms with Crippen molar-refractivity contribution in [2.24, 2.45) is 5.92 Å². The lowest BCUT2D eigenvalue weighted by Gasteiger charge is -2.35. The maximum Gasteiger partial charge on any atom is 0.237 e. The van der Waals surface area contributed by atoms with Crippen LogP contribution < -0.4 is 5.32 Å². The molecule has 138 valence electrons. The van der Waals surface area contributed by atoms with Gasteiger partial charge in [0, 0.05) is 25.7 Å². The zero-order valence-electron chi connectivity index (χ0n) is 15.8. The first-order valence-electron chi connectivity index (χ1n) is 9.94. The van der Waals surface area contributed by atoms with Crippen LogP contribution in [0.1, 0.15) is 45.1 Å². The van der Waals surface area contributed by atoms with Gasteiger partial charge in [0.05, 0.1) is 6.04 Å². The molecule has 1 aromatic carbocycles. The van der Waals surface area contributed by atoms with E-state index in [1.807, 2.05) is 0 Å². The molecule has 3 rings (SSSR count). The number of nitrogens with zero attached hydrogens (tertiary/aromatic N) is 2. The van der Waals surface area contributed by atoms with E-state index in [9.17, 15) is 4.79 Å². The van der Waals surface area contributed by atoms with Gasteiger partial charge >= 0.3 is 0 Å². The number of benzene rings is 1. The highest BCUT2D eigenvalue weighted by Gasteiger charge is 2.32. The van der Waals surface area contributed by atoms with Gasteiger partial charge in [-0.15, -0.1) is 0 Å². The van der Waals surface area contributed by atoms with Gasteiger partial charge in [-0.25, -0.2) is 0 Å².